The summed E-state index contributed by atoms with van der Waals surface area (Å²) in [4.78, 5) is 11.7. The van der Waals surface area contributed by atoms with Crippen molar-refractivity contribution in [1.29, 1.82) is 0 Å². The van der Waals surface area contributed by atoms with E-state index in [4.69, 9.17) is 16.3 Å². The van der Waals surface area contributed by atoms with Gasteiger partial charge in [0, 0.05) is 29.1 Å². The van der Waals surface area contributed by atoms with Gasteiger partial charge in [-0.3, -0.25) is 0 Å². The minimum absolute atomic E-state index is 0.402. The van der Waals surface area contributed by atoms with E-state index >= 15 is 0 Å². The molecule has 5 heteroatoms. The van der Waals surface area contributed by atoms with Crippen molar-refractivity contribution in [2.24, 2.45) is 0 Å². The second kappa shape index (κ2) is 6.48. The van der Waals surface area contributed by atoms with E-state index in [1.807, 2.05) is 18.3 Å². The number of rotatable bonds is 5. The largest absolute Gasteiger partial charge is 0.465 e. The van der Waals surface area contributed by atoms with Gasteiger partial charge in [-0.2, -0.15) is 0 Å². The monoisotopic (exact) mass is 292 g/mol. The highest BCUT2D eigenvalue weighted by molar-refractivity contribution is 6.31. The lowest BCUT2D eigenvalue weighted by molar-refractivity contribution is 0.0602. The van der Waals surface area contributed by atoms with Crippen LogP contribution in [0.5, 0.6) is 0 Å². The van der Waals surface area contributed by atoms with Crippen LogP contribution in [0.2, 0.25) is 5.02 Å². The molecule has 4 nitrogen and oxygen atoms in total. The van der Waals surface area contributed by atoms with Gasteiger partial charge < -0.3 is 14.6 Å². The molecule has 1 N–H and O–H groups in total. The zero-order valence-electron chi connectivity index (χ0n) is 11.5. The Kier molecular flexibility index (Phi) is 4.69. The number of hydrogen-bond acceptors (Lipinski definition) is 3. The molecule has 0 bridgehead atoms. The molecule has 20 heavy (non-hydrogen) atoms. The van der Waals surface area contributed by atoms with Crippen molar-refractivity contribution in [3.63, 3.8) is 0 Å². The van der Waals surface area contributed by atoms with Crippen LogP contribution in [0.15, 0.2) is 36.5 Å². The highest BCUT2D eigenvalue weighted by Gasteiger charge is 2.12. The normalized spacial score (nSPS) is 10.3. The summed E-state index contributed by atoms with van der Waals surface area (Å²) in [7, 11) is 1.36. The molecule has 2 aromatic rings. The topological polar surface area (TPSA) is 43.3 Å². The van der Waals surface area contributed by atoms with Crippen molar-refractivity contribution in [2.45, 2.75) is 20.0 Å². The van der Waals surface area contributed by atoms with Gasteiger partial charge in [-0.05, 0) is 37.3 Å². The number of ether oxygens (including phenoxy) is 1. The van der Waals surface area contributed by atoms with Crippen LogP contribution in [-0.2, 0) is 17.8 Å². The van der Waals surface area contributed by atoms with Gasteiger partial charge in [0.15, 0.2) is 0 Å². The van der Waals surface area contributed by atoms with Gasteiger partial charge in [0.1, 0.15) is 0 Å². The molecule has 1 aromatic carbocycles. The quantitative estimate of drug-likeness (QED) is 0.857. The summed E-state index contributed by atoms with van der Waals surface area (Å²) >= 11 is 5.93. The average molecular weight is 293 g/mol. The predicted octanol–water partition coefficient (Wildman–Crippen LogP) is 3.56. The van der Waals surface area contributed by atoms with Crippen molar-refractivity contribution < 1.29 is 9.53 Å². The molecule has 0 atom stereocenters. The number of aromatic nitrogens is 1. The molecule has 0 radical (unpaired) electrons. The zero-order chi connectivity index (χ0) is 14.5. The number of nitrogens with one attached hydrogen (secondary N) is 1. The fourth-order valence-electron chi connectivity index (χ4n) is 2.05. The van der Waals surface area contributed by atoms with Crippen LogP contribution in [-0.4, -0.2) is 17.6 Å². The van der Waals surface area contributed by atoms with E-state index in [2.05, 4.69) is 16.8 Å². The molecule has 0 unspecified atom stereocenters. The lowest BCUT2D eigenvalue weighted by atomic mass is 10.1. The van der Waals surface area contributed by atoms with Crippen LogP contribution in [0.4, 0.5) is 5.69 Å². The first-order chi connectivity index (χ1) is 9.65. The third-order valence-corrected chi connectivity index (χ3v) is 3.35. The average Bonchev–Trinajstić information content (AvgIpc) is 2.92. The van der Waals surface area contributed by atoms with E-state index in [0.717, 1.165) is 12.2 Å². The predicted molar refractivity (Wildman–Crippen MR) is 80.2 cm³/mol. The van der Waals surface area contributed by atoms with Crippen molar-refractivity contribution in [2.75, 3.05) is 12.4 Å². The Labute approximate surface area is 123 Å². The molecule has 0 fully saturated rings. The maximum Gasteiger partial charge on any atom is 0.340 e. The van der Waals surface area contributed by atoms with E-state index in [-0.39, 0.29) is 0 Å². The first-order valence-corrected chi connectivity index (χ1v) is 6.79. The van der Waals surface area contributed by atoms with Crippen molar-refractivity contribution in [3.05, 3.63) is 52.8 Å². The number of hydrogen-bond donors (Lipinski definition) is 1. The number of benzene rings is 1. The number of esters is 1. The van der Waals surface area contributed by atoms with E-state index in [1.165, 1.54) is 7.11 Å². The Morgan fingerprint density at radius 3 is 2.90 bits per heavy atom. The summed E-state index contributed by atoms with van der Waals surface area (Å²) < 4.78 is 6.91. The van der Waals surface area contributed by atoms with Gasteiger partial charge in [0.2, 0.25) is 0 Å². The minimum atomic E-state index is -0.402. The van der Waals surface area contributed by atoms with E-state index in [9.17, 15) is 4.79 Å². The second-order valence-electron chi connectivity index (χ2n) is 4.32. The number of nitrogens with zero attached hydrogens (tertiary/aromatic N) is 1. The number of anilines is 1. The number of methoxy groups -OCH3 is 1. The summed E-state index contributed by atoms with van der Waals surface area (Å²) in [5, 5.41) is 3.76. The second-order valence-corrected chi connectivity index (χ2v) is 4.76. The molecule has 0 aliphatic rings. The molecule has 2 rings (SSSR count). The first-order valence-electron chi connectivity index (χ1n) is 6.41. The van der Waals surface area contributed by atoms with Gasteiger partial charge in [-0.1, -0.05) is 11.6 Å². The standard InChI is InChI=1S/C15H17ClN2O2/c1-3-18-8-4-5-12(18)10-17-14-7-6-11(16)9-13(14)15(19)20-2/h4-9,17H,3,10H2,1-2H3. The van der Waals surface area contributed by atoms with Crippen molar-refractivity contribution >= 4 is 23.3 Å². The fraction of sp³-hybridized carbons (Fsp3) is 0.267. The molecule has 0 saturated heterocycles. The third-order valence-electron chi connectivity index (χ3n) is 3.11. The molecular weight excluding hydrogens is 276 g/mol. The van der Waals surface area contributed by atoms with Gasteiger partial charge in [0.05, 0.1) is 19.2 Å². The molecule has 0 aliphatic heterocycles. The molecule has 0 aliphatic carbocycles. The lowest BCUT2D eigenvalue weighted by Gasteiger charge is -2.12. The van der Waals surface area contributed by atoms with Crippen molar-refractivity contribution in [3.8, 4) is 0 Å². The summed E-state index contributed by atoms with van der Waals surface area (Å²) in [5.41, 5.74) is 2.30. The van der Waals surface area contributed by atoms with E-state index in [1.54, 1.807) is 18.2 Å². The molecule has 1 heterocycles. The van der Waals surface area contributed by atoms with Crippen LogP contribution in [0, 0.1) is 0 Å². The minimum Gasteiger partial charge on any atom is -0.465 e. The number of carbonyl (C=O) groups excluding carboxylic acids is 1. The fourth-order valence-corrected chi connectivity index (χ4v) is 2.23. The third kappa shape index (κ3) is 3.14. The maximum atomic E-state index is 11.7. The Balaban J connectivity index is 2.19. The van der Waals surface area contributed by atoms with Crippen LogP contribution >= 0.6 is 11.6 Å². The van der Waals surface area contributed by atoms with Gasteiger partial charge in [0.25, 0.3) is 0 Å². The zero-order valence-corrected chi connectivity index (χ0v) is 12.3. The van der Waals surface area contributed by atoms with E-state index in [0.29, 0.717) is 22.8 Å². The van der Waals surface area contributed by atoms with Gasteiger partial charge in [-0.15, -0.1) is 0 Å². The highest BCUT2D eigenvalue weighted by Crippen LogP contribution is 2.22. The smallest absolute Gasteiger partial charge is 0.340 e. The highest BCUT2D eigenvalue weighted by atomic mass is 35.5. The maximum absolute atomic E-state index is 11.7. The molecule has 106 valence electrons. The van der Waals surface area contributed by atoms with Crippen LogP contribution < -0.4 is 5.32 Å². The Morgan fingerprint density at radius 2 is 2.20 bits per heavy atom. The molecule has 0 saturated carbocycles. The van der Waals surface area contributed by atoms with E-state index < -0.39 is 5.97 Å². The number of halogens is 1. The van der Waals surface area contributed by atoms with Crippen LogP contribution in [0.3, 0.4) is 0 Å². The summed E-state index contributed by atoms with van der Waals surface area (Å²) in [6.07, 6.45) is 2.03. The lowest BCUT2D eigenvalue weighted by Crippen LogP contribution is -2.10. The summed E-state index contributed by atoms with van der Waals surface area (Å²) in [6.45, 7) is 3.63. The van der Waals surface area contributed by atoms with Crippen molar-refractivity contribution in [1.82, 2.24) is 4.57 Å². The molecular formula is C15H17ClN2O2. The summed E-state index contributed by atoms with van der Waals surface area (Å²) in [5.74, 6) is -0.402. The molecule has 1 aromatic heterocycles. The Morgan fingerprint density at radius 1 is 1.40 bits per heavy atom. The molecule has 0 amide bonds. The Hall–Kier alpha value is -1.94. The van der Waals surface area contributed by atoms with Gasteiger partial charge in [-0.25, -0.2) is 4.79 Å². The SMILES string of the molecule is CCn1cccc1CNc1ccc(Cl)cc1C(=O)OC. The molecule has 0 spiro atoms. The van der Waals surface area contributed by atoms with Crippen LogP contribution in [0.1, 0.15) is 23.0 Å². The van der Waals surface area contributed by atoms with Crippen LogP contribution in [0.25, 0.3) is 0 Å². The Bertz CT molecular complexity index is 608. The number of aryl methyl sites for hydroxylation is 1. The van der Waals surface area contributed by atoms with Gasteiger partial charge >= 0.3 is 5.97 Å². The number of carbonyl (C=O) groups is 1. The first kappa shape index (κ1) is 14.5. The summed E-state index contributed by atoms with van der Waals surface area (Å²) in [6, 6.07) is 9.19.